The molecule has 1 aromatic rings. The first-order valence-corrected chi connectivity index (χ1v) is 6.75. The number of hydrogen-bond donors (Lipinski definition) is 0. The van der Waals surface area contributed by atoms with Gasteiger partial charge in [-0.1, -0.05) is 30.3 Å². The van der Waals surface area contributed by atoms with E-state index in [1.165, 1.54) is 6.33 Å². The molecule has 88 valence electrons. The Morgan fingerprint density at radius 2 is 2.38 bits per heavy atom. The van der Waals surface area contributed by atoms with E-state index in [9.17, 15) is 0 Å². The molecule has 2 unspecified atom stereocenters. The van der Waals surface area contributed by atoms with Crippen LogP contribution in [0.25, 0.3) is 0 Å². The van der Waals surface area contributed by atoms with Crippen molar-refractivity contribution in [1.29, 1.82) is 0 Å². The standard InChI is InChI=1S/C11H15ClN2OS/c1-3-8-10(12)13-6-14-11(8)16-9-4-5-15-7(9)2/h6-7,9H,3-5H2,1-2H3. The molecule has 3 nitrogen and oxygen atoms in total. The zero-order valence-corrected chi connectivity index (χ0v) is 11.0. The number of nitrogens with zero attached hydrogens (tertiary/aromatic N) is 2. The minimum atomic E-state index is 0.295. The van der Waals surface area contributed by atoms with E-state index in [-0.39, 0.29) is 0 Å². The van der Waals surface area contributed by atoms with E-state index in [4.69, 9.17) is 16.3 Å². The fraction of sp³-hybridized carbons (Fsp3) is 0.636. The Morgan fingerprint density at radius 3 is 3.00 bits per heavy atom. The molecule has 0 N–H and O–H groups in total. The number of hydrogen-bond acceptors (Lipinski definition) is 4. The Morgan fingerprint density at radius 1 is 1.56 bits per heavy atom. The average molecular weight is 259 g/mol. The average Bonchev–Trinajstić information content (AvgIpc) is 2.65. The van der Waals surface area contributed by atoms with Crippen LogP contribution in [0.1, 0.15) is 25.8 Å². The Hall–Kier alpha value is -0.320. The summed E-state index contributed by atoms with van der Waals surface area (Å²) in [4.78, 5) is 8.33. The quantitative estimate of drug-likeness (QED) is 0.781. The van der Waals surface area contributed by atoms with Gasteiger partial charge >= 0.3 is 0 Å². The molecule has 1 fully saturated rings. The Kier molecular flexibility index (Phi) is 4.05. The number of thioether (sulfide) groups is 1. The normalized spacial score (nSPS) is 24.9. The summed E-state index contributed by atoms with van der Waals surface area (Å²) in [6.07, 6.45) is 3.77. The van der Waals surface area contributed by atoms with Gasteiger partial charge in [0, 0.05) is 17.4 Å². The summed E-state index contributed by atoms with van der Waals surface area (Å²) in [5.41, 5.74) is 1.05. The van der Waals surface area contributed by atoms with Crippen molar-refractivity contribution in [2.45, 2.75) is 43.1 Å². The van der Waals surface area contributed by atoms with Gasteiger partial charge in [0.15, 0.2) is 0 Å². The van der Waals surface area contributed by atoms with Crippen molar-refractivity contribution < 1.29 is 4.74 Å². The first kappa shape index (κ1) is 12.1. The Labute approximate surface area is 105 Å². The lowest BCUT2D eigenvalue weighted by Crippen LogP contribution is -2.14. The second-order valence-corrected chi connectivity index (χ2v) is 5.41. The van der Waals surface area contributed by atoms with Crippen molar-refractivity contribution in [1.82, 2.24) is 9.97 Å². The molecule has 1 aliphatic heterocycles. The minimum absolute atomic E-state index is 0.295. The van der Waals surface area contributed by atoms with Crippen LogP contribution < -0.4 is 0 Å². The van der Waals surface area contributed by atoms with Crippen LogP contribution in [-0.4, -0.2) is 27.9 Å². The summed E-state index contributed by atoms with van der Waals surface area (Å²) in [5.74, 6) is 0. The minimum Gasteiger partial charge on any atom is -0.377 e. The van der Waals surface area contributed by atoms with E-state index in [1.54, 1.807) is 11.8 Å². The summed E-state index contributed by atoms with van der Waals surface area (Å²) in [6.45, 7) is 5.03. The largest absolute Gasteiger partial charge is 0.377 e. The highest BCUT2D eigenvalue weighted by Crippen LogP contribution is 2.34. The third-order valence-corrected chi connectivity index (χ3v) is 4.60. The maximum absolute atomic E-state index is 6.06. The molecule has 2 atom stereocenters. The summed E-state index contributed by atoms with van der Waals surface area (Å²) in [5, 5.41) is 2.06. The van der Waals surface area contributed by atoms with E-state index in [0.29, 0.717) is 16.5 Å². The molecule has 1 aromatic heterocycles. The molecule has 0 saturated carbocycles. The molecule has 1 saturated heterocycles. The first-order valence-electron chi connectivity index (χ1n) is 5.50. The third-order valence-electron chi connectivity index (χ3n) is 2.78. The highest BCUT2D eigenvalue weighted by molar-refractivity contribution is 8.00. The molecule has 0 amide bonds. The van der Waals surface area contributed by atoms with Gasteiger partial charge in [-0.25, -0.2) is 9.97 Å². The van der Waals surface area contributed by atoms with Crippen molar-refractivity contribution >= 4 is 23.4 Å². The smallest absolute Gasteiger partial charge is 0.136 e. The zero-order chi connectivity index (χ0) is 11.5. The van der Waals surface area contributed by atoms with Gasteiger partial charge in [0.1, 0.15) is 16.5 Å². The highest BCUT2D eigenvalue weighted by atomic mass is 35.5. The fourth-order valence-electron chi connectivity index (χ4n) is 1.78. The van der Waals surface area contributed by atoms with Crippen molar-refractivity contribution in [2.75, 3.05) is 6.61 Å². The molecular weight excluding hydrogens is 244 g/mol. The summed E-state index contributed by atoms with van der Waals surface area (Å²) in [6, 6.07) is 0. The molecule has 16 heavy (non-hydrogen) atoms. The molecule has 2 rings (SSSR count). The molecule has 5 heteroatoms. The maximum atomic E-state index is 6.06. The highest BCUT2D eigenvalue weighted by Gasteiger charge is 2.26. The Bertz CT molecular complexity index is 375. The summed E-state index contributed by atoms with van der Waals surface area (Å²) < 4.78 is 5.54. The number of halogens is 1. The van der Waals surface area contributed by atoms with Gasteiger partial charge in [0.25, 0.3) is 0 Å². The number of aromatic nitrogens is 2. The third kappa shape index (κ3) is 2.50. The van der Waals surface area contributed by atoms with Gasteiger partial charge in [0.05, 0.1) is 6.10 Å². The van der Waals surface area contributed by atoms with Crippen molar-refractivity contribution in [2.24, 2.45) is 0 Å². The lowest BCUT2D eigenvalue weighted by Gasteiger charge is -2.14. The number of ether oxygens (including phenoxy) is 1. The molecule has 1 aliphatic rings. The molecule has 0 aliphatic carbocycles. The van der Waals surface area contributed by atoms with Crippen LogP contribution in [0.3, 0.4) is 0 Å². The van der Waals surface area contributed by atoms with Crippen LogP contribution >= 0.6 is 23.4 Å². The van der Waals surface area contributed by atoms with Crippen molar-refractivity contribution in [3.63, 3.8) is 0 Å². The van der Waals surface area contributed by atoms with E-state index in [2.05, 4.69) is 23.8 Å². The zero-order valence-electron chi connectivity index (χ0n) is 9.44. The molecule has 2 heterocycles. The fourth-order valence-corrected chi connectivity index (χ4v) is 3.37. The summed E-state index contributed by atoms with van der Waals surface area (Å²) >= 11 is 7.82. The second-order valence-electron chi connectivity index (χ2n) is 3.82. The SMILES string of the molecule is CCc1c(Cl)ncnc1SC1CCOC1C. The van der Waals surface area contributed by atoms with Crippen LogP contribution in [0.2, 0.25) is 5.15 Å². The van der Waals surface area contributed by atoms with Crippen LogP contribution in [-0.2, 0) is 11.2 Å². The van der Waals surface area contributed by atoms with Gasteiger partial charge in [-0.2, -0.15) is 0 Å². The lowest BCUT2D eigenvalue weighted by molar-refractivity contribution is 0.127. The van der Waals surface area contributed by atoms with Gasteiger partial charge in [-0.15, -0.1) is 0 Å². The topological polar surface area (TPSA) is 35.0 Å². The van der Waals surface area contributed by atoms with Crippen molar-refractivity contribution in [3.05, 3.63) is 17.0 Å². The van der Waals surface area contributed by atoms with E-state index < -0.39 is 0 Å². The Balaban J connectivity index is 2.17. The van der Waals surface area contributed by atoms with Crippen molar-refractivity contribution in [3.8, 4) is 0 Å². The lowest BCUT2D eigenvalue weighted by atomic mass is 10.2. The van der Waals surface area contributed by atoms with Crippen LogP contribution in [0, 0.1) is 0 Å². The number of rotatable bonds is 3. The first-order chi connectivity index (χ1) is 7.72. The predicted molar refractivity (Wildman–Crippen MR) is 66.1 cm³/mol. The molecule has 0 aromatic carbocycles. The monoisotopic (exact) mass is 258 g/mol. The van der Waals surface area contributed by atoms with E-state index in [0.717, 1.165) is 30.0 Å². The van der Waals surface area contributed by atoms with Crippen LogP contribution in [0.5, 0.6) is 0 Å². The second kappa shape index (κ2) is 5.34. The van der Waals surface area contributed by atoms with E-state index in [1.807, 2.05) is 0 Å². The van der Waals surface area contributed by atoms with Crippen LogP contribution in [0.15, 0.2) is 11.4 Å². The predicted octanol–water partition coefficient (Wildman–Crippen LogP) is 2.96. The van der Waals surface area contributed by atoms with Gasteiger partial charge in [-0.3, -0.25) is 0 Å². The van der Waals surface area contributed by atoms with E-state index >= 15 is 0 Å². The van der Waals surface area contributed by atoms with Gasteiger partial charge < -0.3 is 4.74 Å². The maximum Gasteiger partial charge on any atom is 0.136 e. The molecular formula is C11H15ClN2OS. The molecule has 0 bridgehead atoms. The molecule has 0 spiro atoms. The van der Waals surface area contributed by atoms with Gasteiger partial charge in [-0.05, 0) is 19.8 Å². The molecule has 0 radical (unpaired) electrons. The van der Waals surface area contributed by atoms with Gasteiger partial charge in [0.2, 0.25) is 0 Å². The van der Waals surface area contributed by atoms with Crippen LogP contribution in [0.4, 0.5) is 0 Å². The summed E-state index contributed by atoms with van der Waals surface area (Å²) in [7, 11) is 0.